The summed E-state index contributed by atoms with van der Waals surface area (Å²) in [7, 11) is 1.72. The fraction of sp³-hybridized carbons (Fsp3) is 0.500. The van der Waals surface area contributed by atoms with Gasteiger partial charge in [0.15, 0.2) is 6.23 Å². The molecule has 3 N–H and O–H groups in total. The minimum Gasteiger partial charge on any atom is -0.394 e. The van der Waals surface area contributed by atoms with Gasteiger partial charge in [0, 0.05) is 25.5 Å². The summed E-state index contributed by atoms with van der Waals surface area (Å²) in [5, 5.41) is 33.1. The van der Waals surface area contributed by atoms with E-state index in [1.807, 2.05) is 0 Å². The number of aliphatic hydroxyl groups excluding tert-OH is 3. The van der Waals surface area contributed by atoms with E-state index in [0.717, 1.165) is 9.13 Å². The highest BCUT2D eigenvalue weighted by atomic mass is 16.6. The molecule has 130 valence electrons. The van der Waals surface area contributed by atoms with Gasteiger partial charge in [-0.05, 0) is 6.07 Å². The van der Waals surface area contributed by atoms with E-state index in [-0.39, 0.29) is 6.54 Å². The third kappa shape index (κ3) is 2.80. The Bertz CT molecular complexity index is 840. The van der Waals surface area contributed by atoms with E-state index in [2.05, 4.69) is 5.10 Å². The molecule has 0 unspecified atom stereocenters. The minimum atomic E-state index is -1.40. The predicted octanol–water partition coefficient (Wildman–Crippen LogP) is -2.60. The van der Waals surface area contributed by atoms with Gasteiger partial charge in [-0.15, -0.1) is 0 Å². The van der Waals surface area contributed by atoms with E-state index in [9.17, 15) is 19.8 Å². The van der Waals surface area contributed by atoms with Gasteiger partial charge >= 0.3 is 5.69 Å². The number of ether oxygens (including phenoxy) is 1. The van der Waals surface area contributed by atoms with Gasteiger partial charge in [-0.2, -0.15) is 5.10 Å². The van der Waals surface area contributed by atoms with Crippen molar-refractivity contribution < 1.29 is 20.1 Å². The molecule has 2 aromatic heterocycles. The second-order valence-electron chi connectivity index (χ2n) is 5.64. The highest BCUT2D eigenvalue weighted by Gasteiger charge is 2.43. The lowest BCUT2D eigenvalue weighted by Crippen LogP contribution is -2.43. The number of aliphatic hydroxyl groups is 3. The van der Waals surface area contributed by atoms with Crippen molar-refractivity contribution in [2.24, 2.45) is 7.05 Å². The number of nitrogens with zero attached hydrogens (tertiary/aromatic N) is 4. The van der Waals surface area contributed by atoms with Crippen molar-refractivity contribution in [3.63, 3.8) is 0 Å². The van der Waals surface area contributed by atoms with E-state index in [0.29, 0.717) is 5.69 Å². The van der Waals surface area contributed by atoms with Crippen molar-refractivity contribution in [1.29, 1.82) is 0 Å². The molecule has 1 saturated heterocycles. The van der Waals surface area contributed by atoms with Crippen molar-refractivity contribution in [1.82, 2.24) is 18.9 Å². The van der Waals surface area contributed by atoms with Gasteiger partial charge in [0.25, 0.3) is 5.56 Å². The van der Waals surface area contributed by atoms with Gasteiger partial charge in [0.2, 0.25) is 0 Å². The first kappa shape index (κ1) is 16.6. The van der Waals surface area contributed by atoms with Crippen LogP contribution in [-0.4, -0.2) is 59.2 Å². The van der Waals surface area contributed by atoms with Crippen LogP contribution < -0.4 is 11.2 Å². The maximum Gasteiger partial charge on any atom is 0.333 e. The lowest BCUT2D eigenvalue weighted by Gasteiger charge is -2.18. The standard InChI is InChI=1S/C14H18N4O6/c1-16-4-2-8(15-16)6-18-10(20)3-5-17(14(18)23)13-12(22)11(21)9(7-19)24-13/h2-5,9,11-13,19,21-22H,6-7H2,1H3/t9-,11-,12-,13-/m1/s1. The molecule has 4 atom stereocenters. The van der Waals surface area contributed by atoms with Crippen molar-refractivity contribution in [3.8, 4) is 0 Å². The smallest absolute Gasteiger partial charge is 0.333 e. The third-order valence-corrected chi connectivity index (χ3v) is 3.98. The first-order chi connectivity index (χ1) is 11.4. The van der Waals surface area contributed by atoms with E-state index in [1.165, 1.54) is 12.3 Å². The molecule has 10 nitrogen and oxygen atoms in total. The first-order valence-corrected chi connectivity index (χ1v) is 7.35. The highest BCUT2D eigenvalue weighted by molar-refractivity contribution is 5.01. The molecule has 2 aromatic rings. The molecule has 1 fully saturated rings. The average Bonchev–Trinajstić information content (AvgIpc) is 3.09. The molecule has 10 heteroatoms. The minimum absolute atomic E-state index is 0.0336. The molecule has 3 rings (SSSR count). The van der Waals surface area contributed by atoms with E-state index < -0.39 is 42.4 Å². The predicted molar refractivity (Wildman–Crippen MR) is 80.3 cm³/mol. The van der Waals surface area contributed by atoms with Gasteiger partial charge in [0.1, 0.15) is 18.3 Å². The molecule has 0 amide bonds. The summed E-state index contributed by atoms with van der Waals surface area (Å²) >= 11 is 0. The van der Waals surface area contributed by atoms with Crippen molar-refractivity contribution in [3.05, 3.63) is 51.1 Å². The van der Waals surface area contributed by atoms with Crippen LogP contribution in [0.15, 0.2) is 34.1 Å². The zero-order valence-electron chi connectivity index (χ0n) is 12.9. The zero-order valence-corrected chi connectivity index (χ0v) is 12.9. The van der Waals surface area contributed by atoms with Crippen molar-refractivity contribution in [2.75, 3.05) is 6.61 Å². The second kappa shape index (κ2) is 6.32. The van der Waals surface area contributed by atoms with Crippen LogP contribution in [0.1, 0.15) is 11.9 Å². The molecular weight excluding hydrogens is 320 g/mol. The van der Waals surface area contributed by atoms with Crippen LogP contribution in [0.25, 0.3) is 0 Å². The first-order valence-electron chi connectivity index (χ1n) is 7.35. The van der Waals surface area contributed by atoms with Gasteiger partial charge < -0.3 is 20.1 Å². The van der Waals surface area contributed by atoms with Crippen molar-refractivity contribution >= 4 is 0 Å². The van der Waals surface area contributed by atoms with Crippen LogP contribution in [0.4, 0.5) is 0 Å². The lowest BCUT2D eigenvalue weighted by molar-refractivity contribution is -0.0555. The molecule has 0 aliphatic carbocycles. The number of aryl methyl sites for hydroxylation is 1. The highest BCUT2D eigenvalue weighted by Crippen LogP contribution is 2.27. The quantitative estimate of drug-likeness (QED) is 0.557. The van der Waals surface area contributed by atoms with Crippen LogP contribution in [0, 0.1) is 0 Å². The Labute approximate surface area is 135 Å². The van der Waals surface area contributed by atoms with E-state index >= 15 is 0 Å². The number of aromatic nitrogens is 4. The maximum absolute atomic E-state index is 12.6. The van der Waals surface area contributed by atoms with Crippen LogP contribution in [-0.2, 0) is 18.3 Å². The monoisotopic (exact) mass is 338 g/mol. The molecule has 24 heavy (non-hydrogen) atoms. The van der Waals surface area contributed by atoms with Crippen LogP contribution in [0.2, 0.25) is 0 Å². The molecular formula is C14H18N4O6. The largest absolute Gasteiger partial charge is 0.394 e. The summed E-state index contributed by atoms with van der Waals surface area (Å²) in [5.74, 6) is 0. The summed E-state index contributed by atoms with van der Waals surface area (Å²) in [4.78, 5) is 24.6. The normalized spacial score (nSPS) is 26.8. The Morgan fingerprint density at radius 1 is 1.21 bits per heavy atom. The van der Waals surface area contributed by atoms with Crippen molar-refractivity contribution in [2.45, 2.75) is 31.1 Å². The third-order valence-electron chi connectivity index (χ3n) is 3.98. The number of hydrogen-bond acceptors (Lipinski definition) is 7. The van der Waals surface area contributed by atoms with E-state index in [1.54, 1.807) is 24.0 Å². The van der Waals surface area contributed by atoms with Crippen LogP contribution in [0.5, 0.6) is 0 Å². The molecule has 0 radical (unpaired) electrons. The molecule has 1 aliphatic rings. The topological polar surface area (TPSA) is 132 Å². The SMILES string of the molecule is Cn1ccc(Cn2c(=O)ccn([C@@H]3O[C@H](CO)[C@@H](O)[C@H]3O)c2=O)n1. The lowest BCUT2D eigenvalue weighted by atomic mass is 10.1. The summed E-state index contributed by atoms with van der Waals surface area (Å²) in [6.45, 7) is -0.537. The van der Waals surface area contributed by atoms with E-state index in [4.69, 9.17) is 9.84 Å². The maximum atomic E-state index is 12.6. The number of rotatable bonds is 4. The van der Waals surface area contributed by atoms with Crippen LogP contribution in [0.3, 0.4) is 0 Å². The average molecular weight is 338 g/mol. The van der Waals surface area contributed by atoms with Gasteiger partial charge in [-0.1, -0.05) is 0 Å². The molecule has 1 aliphatic heterocycles. The Morgan fingerprint density at radius 2 is 1.96 bits per heavy atom. The molecule has 0 spiro atoms. The summed E-state index contributed by atoms with van der Waals surface area (Å²) < 4.78 is 8.86. The summed E-state index contributed by atoms with van der Waals surface area (Å²) in [5.41, 5.74) is -0.702. The second-order valence-corrected chi connectivity index (χ2v) is 5.64. The summed E-state index contributed by atoms with van der Waals surface area (Å²) in [6, 6.07) is 2.84. The fourth-order valence-electron chi connectivity index (χ4n) is 2.69. The molecule has 0 saturated carbocycles. The Kier molecular flexibility index (Phi) is 4.37. The fourth-order valence-corrected chi connectivity index (χ4v) is 2.69. The van der Waals surface area contributed by atoms with Gasteiger partial charge in [-0.3, -0.25) is 18.6 Å². The molecule has 0 bridgehead atoms. The molecule has 3 heterocycles. The zero-order chi connectivity index (χ0) is 17.4. The van der Waals surface area contributed by atoms with Gasteiger partial charge in [0.05, 0.1) is 18.8 Å². The number of hydrogen-bond donors (Lipinski definition) is 3. The van der Waals surface area contributed by atoms with Gasteiger partial charge in [-0.25, -0.2) is 4.79 Å². The Hall–Kier alpha value is -2.27. The van der Waals surface area contributed by atoms with Crippen LogP contribution >= 0.6 is 0 Å². The molecule has 0 aromatic carbocycles. The Balaban J connectivity index is 1.98. The summed E-state index contributed by atoms with van der Waals surface area (Å²) in [6.07, 6.45) is -2.05. The Morgan fingerprint density at radius 3 is 2.54 bits per heavy atom.